The zero-order valence-corrected chi connectivity index (χ0v) is 12.2. The van der Waals surface area contributed by atoms with Gasteiger partial charge in [0.2, 0.25) is 0 Å². The normalized spacial score (nSPS) is 10.6. The van der Waals surface area contributed by atoms with Crippen LogP contribution in [0, 0.1) is 0 Å². The highest BCUT2D eigenvalue weighted by Crippen LogP contribution is 2.21. The van der Waals surface area contributed by atoms with Gasteiger partial charge in [0.1, 0.15) is 12.4 Å². The van der Waals surface area contributed by atoms with Gasteiger partial charge in [0.05, 0.1) is 17.0 Å². The molecule has 2 rings (SSSR count). The Hall–Kier alpha value is -2.50. The van der Waals surface area contributed by atoms with Crippen LogP contribution in [0.3, 0.4) is 0 Å². The van der Waals surface area contributed by atoms with E-state index in [2.05, 4.69) is 12.0 Å². The summed E-state index contributed by atoms with van der Waals surface area (Å²) in [5.41, 5.74) is 7.97. The van der Waals surface area contributed by atoms with E-state index in [-0.39, 0.29) is 11.3 Å². The largest absolute Gasteiger partial charge is 0.487 e. The fourth-order valence-corrected chi connectivity index (χ4v) is 2.06. The summed E-state index contributed by atoms with van der Waals surface area (Å²) in [5.74, 6) is -0.505. The third-order valence-electron chi connectivity index (χ3n) is 3.22. The maximum Gasteiger partial charge on any atom is 0.337 e. The number of carboxylic acid groups (broad SMARTS) is 1. The van der Waals surface area contributed by atoms with E-state index < -0.39 is 5.97 Å². The van der Waals surface area contributed by atoms with E-state index in [1.807, 2.05) is 17.7 Å². The van der Waals surface area contributed by atoms with Crippen molar-refractivity contribution < 1.29 is 14.6 Å². The second kappa shape index (κ2) is 6.30. The van der Waals surface area contributed by atoms with Crippen LogP contribution >= 0.6 is 0 Å². The Kier molecular flexibility index (Phi) is 4.47. The summed E-state index contributed by atoms with van der Waals surface area (Å²) < 4.78 is 7.57. The maximum atomic E-state index is 10.9. The highest BCUT2D eigenvalue weighted by molar-refractivity contribution is 5.93. The molecule has 0 saturated heterocycles. The number of nitrogen functional groups attached to an aromatic ring is 1. The smallest absolute Gasteiger partial charge is 0.337 e. The molecule has 21 heavy (non-hydrogen) atoms. The van der Waals surface area contributed by atoms with Crippen molar-refractivity contribution in [1.82, 2.24) is 9.78 Å². The molecule has 0 aliphatic carbocycles. The zero-order chi connectivity index (χ0) is 15.4. The number of ether oxygens (including phenoxy) is 1. The fourth-order valence-electron chi connectivity index (χ4n) is 2.06. The summed E-state index contributed by atoms with van der Waals surface area (Å²) in [4.78, 5) is 10.9. The first kappa shape index (κ1) is 14.9. The van der Waals surface area contributed by atoms with Crippen LogP contribution in [0.4, 0.5) is 5.69 Å². The van der Waals surface area contributed by atoms with E-state index in [0.717, 1.165) is 24.4 Å². The van der Waals surface area contributed by atoms with Gasteiger partial charge in [-0.15, -0.1) is 0 Å². The first-order valence-electron chi connectivity index (χ1n) is 6.86. The van der Waals surface area contributed by atoms with Gasteiger partial charge in [0.15, 0.2) is 0 Å². The first-order chi connectivity index (χ1) is 10.0. The van der Waals surface area contributed by atoms with Crippen LogP contribution in [0.5, 0.6) is 5.75 Å². The number of aromatic nitrogens is 2. The van der Waals surface area contributed by atoms with Crippen molar-refractivity contribution in [1.29, 1.82) is 0 Å². The number of rotatable bonds is 6. The fraction of sp³-hybridized carbons (Fsp3) is 0.333. The third kappa shape index (κ3) is 3.34. The summed E-state index contributed by atoms with van der Waals surface area (Å²) in [6.45, 7) is 5.22. The zero-order valence-electron chi connectivity index (χ0n) is 12.2. The number of carboxylic acids is 1. The molecule has 1 aromatic heterocycles. The van der Waals surface area contributed by atoms with Gasteiger partial charge in [-0.2, -0.15) is 5.10 Å². The Labute approximate surface area is 123 Å². The molecule has 0 aliphatic heterocycles. The molecule has 0 atom stereocenters. The van der Waals surface area contributed by atoms with Crippen LogP contribution < -0.4 is 10.5 Å². The van der Waals surface area contributed by atoms with Crippen molar-refractivity contribution in [3.8, 4) is 5.75 Å². The molecule has 0 spiro atoms. The molecule has 112 valence electrons. The molecule has 0 fully saturated rings. The minimum Gasteiger partial charge on any atom is -0.487 e. The highest BCUT2D eigenvalue weighted by Gasteiger charge is 2.10. The molecule has 1 heterocycles. The second-order valence-electron chi connectivity index (χ2n) is 4.64. The Balaban J connectivity index is 2.11. The molecular weight excluding hydrogens is 270 g/mol. The van der Waals surface area contributed by atoms with E-state index in [1.54, 1.807) is 6.07 Å². The average molecular weight is 289 g/mol. The van der Waals surface area contributed by atoms with Gasteiger partial charge in [-0.1, -0.05) is 6.92 Å². The van der Waals surface area contributed by atoms with Crippen molar-refractivity contribution in [2.24, 2.45) is 0 Å². The molecule has 0 saturated carbocycles. The van der Waals surface area contributed by atoms with E-state index in [4.69, 9.17) is 15.6 Å². The lowest BCUT2D eigenvalue weighted by Crippen LogP contribution is -2.07. The van der Waals surface area contributed by atoms with Gasteiger partial charge < -0.3 is 15.6 Å². The summed E-state index contributed by atoms with van der Waals surface area (Å²) in [6, 6.07) is 6.59. The van der Waals surface area contributed by atoms with Crippen molar-refractivity contribution in [2.75, 3.05) is 5.73 Å². The summed E-state index contributed by atoms with van der Waals surface area (Å²) in [6.07, 6.45) is 0.875. The van der Waals surface area contributed by atoms with Crippen LogP contribution in [0.25, 0.3) is 0 Å². The lowest BCUT2D eigenvalue weighted by Gasteiger charge is -2.09. The summed E-state index contributed by atoms with van der Waals surface area (Å²) in [5, 5.41) is 13.4. The Morgan fingerprint density at radius 2 is 2.14 bits per heavy atom. The lowest BCUT2D eigenvalue weighted by molar-refractivity contribution is 0.0698. The SMILES string of the molecule is CCc1cc(COc2ccc(C(=O)O)c(N)c2)n(CC)n1. The molecule has 0 aliphatic rings. The molecule has 0 unspecified atom stereocenters. The third-order valence-corrected chi connectivity index (χ3v) is 3.22. The molecule has 3 N–H and O–H groups in total. The Bertz CT molecular complexity index is 650. The Morgan fingerprint density at radius 1 is 1.38 bits per heavy atom. The number of benzene rings is 1. The topological polar surface area (TPSA) is 90.4 Å². The summed E-state index contributed by atoms with van der Waals surface area (Å²) in [7, 11) is 0. The highest BCUT2D eigenvalue weighted by atomic mass is 16.5. The van der Waals surface area contributed by atoms with E-state index in [9.17, 15) is 4.79 Å². The van der Waals surface area contributed by atoms with Crippen molar-refractivity contribution in [3.05, 3.63) is 41.2 Å². The lowest BCUT2D eigenvalue weighted by atomic mass is 10.2. The second-order valence-corrected chi connectivity index (χ2v) is 4.64. The first-order valence-corrected chi connectivity index (χ1v) is 6.86. The van der Waals surface area contributed by atoms with Crippen molar-refractivity contribution in [2.45, 2.75) is 33.4 Å². The number of aromatic carboxylic acids is 1. The molecule has 2 aromatic rings. The molecule has 0 amide bonds. The van der Waals surface area contributed by atoms with Gasteiger partial charge in [-0.05, 0) is 31.5 Å². The predicted molar refractivity (Wildman–Crippen MR) is 79.4 cm³/mol. The monoisotopic (exact) mass is 289 g/mol. The van der Waals surface area contributed by atoms with Crippen LogP contribution in [0.1, 0.15) is 35.6 Å². The number of anilines is 1. The van der Waals surface area contributed by atoms with E-state index in [1.165, 1.54) is 12.1 Å². The van der Waals surface area contributed by atoms with E-state index in [0.29, 0.717) is 12.4 Å². The van der Waals surface area contributed by atoms with Gasteiger partial charge in [-0.3, -0.25) is 4.68 Å². The van der Waals surface area contributed by atoms with Gasteiger partial charge in [-0.25, -0.2) is 4.79 Å². The number of nitrogens with two attached hydrogens (primary N) is 1. The minimum atomic E-state index is -1.05. The van der Waals surface area contributed by atoms with E-state index >= 15 is 0 Å². The number of aryl methyl sites for hydroxylation is 2. The van der Waals surface area contributed by atoms with Gasteiger partial charge in [0.25, 0.3) is 0 Å². The number of hydrogen-bond acceptors (Lipinski definition) is 4. The maximum absolute atomic E-state index is 10.9. The van der Waals surface area contributed by atoms with Crippen molar-refractivity contribution >= 4 is 11.7 Å². The average Bonchev–Trinajstić information content (AvgIpc) is 2.87. The Morgan fingerprint density at radius 3 is 2.71 bits per heavy atom. The predicted octanol–water partition coefficient (Wildman–Crippen LogP) is 2.32. The molecule has 1 aromatic carbocycles. The number of hydrogen-bond donors (Lipinski definition) is 2. The van der Waals surface area contributed by atoms with Crippen LogP contribution in [0.2, 0.25) is 0 Å². The molecule has 6 heteroatoms. The molecule has 0 bridgehead atoms. The summed E-state index contributed by atoms with van der Waals surface area (Å²) >= 11 is 0. The van der Waals surface area contributed by atoms with Crippen molar-refractivity contribution in [3.63, 3.8) is 0 Å². The molecule has 0 radical (unpaired) electrons. The molecular formula is C15H19N3O3. The van der Waals surface area contributed by atoms with Crippen LogP contribution in [-0.2, 0) is 19.6 Å². The molecule has 6 nitrogen and oxygen atoms in total. The quantitative estimate of drug-likeness (QED) is 0.796. The van der Waals surface area contributed by atoms with Crippen LogP contribution in [-0.4, -0.2) is 20.9 Å². The number of carbonyl (C=O) groups is 1. The van der Waals surface area contributed by atoms with Crippen LogP contribution in [0.15, 0.2) is 24.3 Å². The number of nitrogens with zero attached hydrogens (tertiary/aromatic N) is 2. The van der Waals surface area contributed by atoms with Gasteiger partial charge >= 0.3 is 5.97 Å². The van der Waals surface area contributed by atoms with Gasteiger partial charge in [0, 0.05) is 18.3 Å². The minimum absolute atomic E-state index is 0.0780. The standard InChI is InChI=1S/C15H19N3O3/c1-3-10-7-11(18(4-2)17-10)9-21-12-5-6-13(15(19)20)14(16)8-12/h5-8H,3-4,9,16H2,1-2H3,(H,19,20).